The molecule has 0 amide bonds. The molecule has 22 heavy (non-hydrogen) atoms. The van der Waals surface area contributed by atoms with E-state index in [0.29, 0.717) is 12.2 Å². The zero-order valence-corrected chi connectivity index (χ0v) is 14.1. The molecule has 1 aromatic rings. The summed E-state index contributed by atoms with van der Waals surface area (Å²) in [7, 11) is 0. The third-order valence-corrected chi connectivity index (χ3v) is 3.82. The summed E-state index contributed by atoms with van der Waals surface area (Å²) in [6.45, 7) is 4.33. The fourth-order valence-electron chi connectivity index (χ4n) is 2.45. The van der Waals surface area contributed by atoms with Crippen LogP contribution in [0.3, 0.4) is 0 Å². The maximum absolute atomic E-state index is 11.8. The summed E-state index contributed by atoms with van der Waals surface area (Å²) in [6, 6.07) is 5.07. The summed E-state index contributed by atoms with van der Waals surface area (Å²) >= 11 is 0. The van der Waals surface area contributed by atoms with E-state index < -0.39 is 0 Å². The fourth-order valence-corrected chi connectivity index (χ4v) is 2.45. The van der Waals surface area contributed by atoms with Crippen molar-refractivity contribution in [2.45, 2.75) is 78.1 Å². The van der Waals surface area contributed by atoms with Gasteiger partial charge in [0, 0.05) is 6.42 Å². The molecule has 1 N–H and O–H groups in total. The van der Waals surface area contributed by atoms with E-state index in [1.54, 1.807) is 18.2 Å². The first kappa shape index (κ1) is 18.5. The number of phenols is 1. The van der Waals surface area contributed by atoms with Crippen LogP contribution in [-0.2, 0) is 11.2 Å². The zero-order valence-electron chi connectivity index (χ0n) is 14.1. The number of aryl methyl sites for hydroxylation is 1. The second-order valence-electron chi connectivity index (χ2n) is 5.89. The molecule has 0 unspecified atom stereocenters. The zero-order chi connectivity index (χ0) is 16.2. The van der Waals surface area contributed by atoms with Gasteiger partial charge in [0.1, 0.15) is 11.5 Å². The predicted molar refractivity (Wildman–Crippen MR) is 90.3 cm³/mol. The van der Waals surface area contributed by atoms with Crippen LogP contribution in [-0.4, -0.2) is 11.1 Å². The van der Waals surface area contributed by atoms with Crippen LogP contribution in [0.25, 0.3) is 0 Å². The number of benzene rings is 1. The number of unbranched alkanes of at least 4 members (excludes halogenated alkanes) is 6. The molecule has 0 saturated carbocycles. The van der Waals surface area contributed by atoms with Crippen LogP contribution in [0.15, 0.2) is 18.2 Å². The number of phenolic OH excluding ortho intramolecular Hbond substituents is 1. The van der Waals surface area contributed by atoms with Crippen molar-refractivity contribution in [1.82, 2.24) is 0 Å². The first-order chi connectivity index (χ1) is 10.7. The van der Waals surface area contributed by atoms with Crippen LogP contribution in [0.2, 0.25) is 0 Å². The van der Waals surface area contributed by atoms with Gasteiger partial charge in [-0.25, -0.2) is 0 Å². The van der Waals surface area contributed by atoms with Crippen molar-refractivity contribution in [2.75, 3.05) is 0 Å². The van der Waals surface area contributed by atoms with Crippen molar-refractivity contribution in [3.63, 3.8) is 0 Å². The molecular weight excluding hydrogens is 276 g/mol. The highest BCUT2D eigenvalue weighted by atomic mass is 16.5. The molecule has 0 fully saturated rings. The lowest BCUT2D eigenvalue weighted by Crippen LogP contribution is -2.07. The van der Waals surface area contributed by atoms with Crippen LogP contribution in [0.5, 0.6) is 11.5 Å². The Morgan fingerprint density at radius 2 is 1.68 bits per heavy atom. The highest BCUT2D eigenvalue weighted by Gasteiger charge is 2.08. The number of rotatable bonds is 11. The topological polar surface area (TPSA) is 46.5 Å². The summed E-state index contributed by atoms with van der Waals surface area (Å²) in [4.78, 5) is 11.8. The first-order valence-electron chi connectivity index (χ1n) is 8.70. The Kier molecular flexibility index (Phi) is 9.36. The van der Waals surface area contributed by atoms with Gasteiger partial charge in [-0.2, -0.15) is 0 Å². The lowest BCUT2D eigenvalue weighted by Gasteiger charge is -2.08. The quantitative estimate of drug-likeness (QED) is 0.338. The van der Waals surface area contributed by atoms with Gasteiger partial charge in [0.25, 0.3) is 0 Å². The van der Waals surface area contributed by atoms with Gasteiger partial charge in [0.2, 0.25) is 0 Å². The van der Waals surface area contributed by atoms with Crippen LogP contribution < -0.4 is 4.74 Å². The third kappa shape index (κ3) is 7.48. The van der Waals surface area contributed by atoms with E-state index in [4.69, 9.17) is 4.74 Å². The van der Waals surface area contributed by atoms with Crippen molar-refractivity contribution >= 4 is 5.97 Å². The van der Waals surface area contributed by atoms with Crippen molar-refractivity contribution in [3.8, 4) is 11.5 Å². The van der Waals surface area contributed by atoms with Crippen LogP contribution in [0.1, 0.15) is 77.2 Å². The Balaban J connectivity index is 2.40. The molecule has 0 aliphatic rings. The molecule has 0 bridgehead atoms. The van der Waals surface area contributed by atoms with Gasteiger partial charge in [-0.3, -0.25) is 4.79 Å². The number of aromatic hydroxyl groups is 1. The Hall–Kier alpha value is -1.51. The minimum atomic E-state index is -0.179. The second-order valence-corrected chi connectivity index (χ2v) is 5.89. The normalized spacial score (nSPS) is 10.6. The van der Waals surface area contributed by atoms with Gasteiger partial charge in [0.05, 0.1) is 0 Å². The van der Waals surface area contributed by atoms with Crippen molar-refractivity contribution in [3.05, 3.63) is 23.8 Å². The van der Waals surface area contributed by atoms with Gasteiger partial charge in [-0.15, -0.1) is 0 Å². The minimum absolute atomic E-state index is 0.179. The van der Waals surface area contributed by atoms with Crippen LogP contribution in [0, 0.1) is 0 Å². The molecule has 124 valence electrons. The highest BCUT2D eigenvalue weighted by Crippen LogP contribution is 2.25. The summed E-state index contributed by atoms with van der Waals surface area (Å²) < 4.78 is 5.37. The molecular formula is C19H30O3. The minimum Gasteiger partial charge on any atom is -0.508 e. The van der Waals surface area contributed by atoms with E-state index in [9.17, 15) is 9.90 Å². The second kappa shape index (κ2) is 11.1. The monoisotopic (exact) mass is 306 g/mol. The Bertz CT molecular complexity index is 440. The number of hydrogen-bond donors (Lipinski definition) is 1. The maximum atomic E-state index is 11.8. The van der Waals surface area contributed by atoms with Crippen LogP contribution >= 0.6 is 0 Å². The Morgan fingerprint density at radius 3 is 2.41 bits per heavy atom. The lowest BCUT2D eigenvalue weighted by molar-refractivity contribution is -0.134. The maximum Gasteiger partial charge on any atom is 0.311 e. The average Bonchev–Trinajstić information content (AvgIpc) is 2.50. The smallest absolute Gasteiger partial charge is 0.311 e. The SMILES string of the molecule is CCCCCCCC(=O)Oc1ccc(O)c(CCCCC)c1. The van der Waals surface area contributed by atoms with Crippen molar-refractivity contribution in [1.29, 1.82) is 0 Å². The molecule has 0 aliphatic heterocycles. The molecule has 0 aromatic heterocycles. The number of carbonyl (C=O) groups excluding carboxylic acids is 1. The molecule has 0 radical (unpaired) electrons. The van der Waals surface area contributed by atoms with Gasteiger partial charge >= 0.3 is 5.97 Å². The number of carbonyl (C=O) groups is 1. The number of ether oxygens (including phenoxy) is 1. The fraction of sp³-hybridized carbons (Fsp3) is 0.632. The van der Waals surface area contributed by atoms with Gasteiger partial charge in [-0.1, -0.05) is 52.4 Å². The molecule has 3 nitrogen and oxygen atoms in total. The average molecular weight is 306 g/mol. The largest absolute Gasteiger partial charge is 0.508 e. The van der Waals surface area contributed by atoms with Gasteiger partial charge in [0.15, 0.2) is 0 Å². The summed E-state index contributed by atoms with van der Waals surface area (Å²) in [5, 5.41) is 9.85. The molecule has 1 aromatic carbocycles. The van der Waals surface area contributed by atoms with E-state index in [2.05, 4.69) is 13.8 Å². The highest BCUT2D eigenvalue weighted by molar-refractivity contribution is 5.72. The summed E-state index contributed by atoms with van der Waals surface area (Å²) in [5.41, 5.74) is 0.863. The van der Waals surface area contributed by atoms with Gasteiger partial charge in [-0.05, 0) is 43.0 Å². The van der Waals surface area contributed by atoms with Crippen LogP contribution in [0.4, 0.5) is 0 Å². The van der Waals surface area contributed by atoms with E-state index >= 15 is 0 Å². The van der Waals surface area contributed by atoms with Crippen molar-refractivity contribution in [2.24, 2.45) is 0 Å². The first-order valence-corrected chi connectivity index (χ1v) is 8.70. The number of hydrogen-bond acceptors (Lipinski definition) is 3. The van der Waals surface area contributed by atoms with E-state index in [-0.39, 0.29) is 11.7 Å². The lowest BCUT2D eigenvalue weighted by atomic mass is 10.1. The molecule has 0 atom stereocenters. The Labute approximate surface area is 134 Å². The standard InChI is InChI=1S/C19H30O3/c1-3-5-7-8-10-12-19(21)22-17-13-14-18(20)16(15-17)11-9-6-4-2/h13-15,20H,3-12H2,1-2H3. The van der Waals surface area contributed by atoms with Gasteiger partial charge < -0.3 is 9.84 Å². The predicted octanol–water partition coefficient (Wildman–Crippen LogP) is 5.39. The molecule has 1 rings (SSSR count). The van der Waals surface area contributed by atoms with E-state index in [1.165, 1.54) is 19.3 Å². The molecule has 0 aliphatic carbocycles. The van der Waals surface area contributed by atoms with Crippen molar-refractivity contribution < 1.29 is 14.6 Å². The third-order valence-electron chi connectivity index (χ3n) is 3.82. The Morgan fingerprint density at radius 1 is 1.00 bits per heavy atom. The van der Waals surface area contributed by atoms with E-state index in [0.717, 1.165) is 44.1 Å². The molecule has 0 spiro atoms. The summed E-state index contributed by atoms with van der Waals surface area (Å²) in [5.74, 6) is 0.653. The summed E-state index contributed by atoms with van der Waals surface area (Å²) in [6.07, 6.45) is 10.2. The number of esters is 1. The van der Waals surface area contributed by atoms with E-state index in [1.807, 2.05) is 0 Å². The molecule has 0 saturated heterocycles. The molecule has 0 heterocycles. The molecule has 3 heteroatoms.